The van der Waals surface area contributed by atoms with E-state index in [0.717, 1.165) is 18.6 Å². The van der Waals surface area contributed by atoms with Crippen molar-refractivity contribution in [2.24, 2.45) is 0 Å². The topological polar surface area (TPSA) is 75.4 Å². The first-order chi connectivity index (χ1) is 9.74. The minimum atomic E-state index is -0.0651. The molecule has 2 unspecified atom stereocenters. The van der Waals surface area contributed by atoms with Crippen molar-refractivity contribution in [3.05, 3.63) is 17.8 Å². The average Bonchev–Trinajstić information content (AvgIpc) is 3.14. The predicted octanol–water partition coefficient (Wildman–Crippen LogP) is 0.697. The molecular formula is C14H17N3O3. The Kier molecular flexibility index (Phi) is 2.66. The molecule has 4 rings (SSSR count). The minimum Gasteiger partial charge on any atom is -0.447 e. The Morgan fingerprint density at radius 2 is 2.00 bits per heavy atom. The summed E-state index contributed by atoms with van der Waals surface area (Å²) >= 11 is 0. The SMILES string of the molecule is O=C1CC2CNCC(C1)N2C(=O)c1ncoc1C1CC1. The van der Waals surface area contributed by atoms with Crippen molar-refractivity contribution in [3.8, 4) is 0 Å². The van der Waals surface area contributed by atoms with Gasteiger partial charge in [-0.25, -0.2) is 4.98 Å². The fraction of sp³-hybridized carbons (Fsp3) is 0.643. The standard InChI is InChI=1S/C14H17N3O3/c18-11-3-9-5-15-6-10(4-11)17(9)14(19)12-13(8-1-2-8)20-7-16-12/h7-10,15H,1-6H2. The van der Waals surface area contributed by atoms with E-state index in [4.69, 9.17) is 4.42 Å². The van der Waals surface area contributed by atoms with Gasteiger partial charge in [-0.15, -0.1) is 0 Å². The van der Waals surface area contributed by atoms with Crippen LogP contribution in [-0.2, 0) is 4.79 Å². The molecule has 0 spiro atoms. The summed E-state index contributed by atoms with van der Waals surface area (Å²) in [5.41, 5.74) is 0.457. The summed E-state index contributed by atoms with van der Waals surface area (Å²) in [6.45, 7) is 1.37. The van der Waals surface area contributed by atoms with Crippen LogP contribution >= 0.6 is 0 Å². The molecule has 20 heavy (non-hydrogen) atoms. The maximum absolute atomic E-state index is 12.8. The zero-order valence-electron chi connectivity index (χ0n) is 11.2. The number of fused-ring (bicyclic) bond motifs is 2. The Morgan fingerprint density at radius 1 is 1.30 bits per heavy atom. The second kappa shape index (κ2) is 4.41. The Balaban J connectivity index is 1.64. The lowest BCUT2D eigenvalue weighted by molar-refractivity contribution is -0.125. The number of nitrogens with one attached hydrogen (secondary N) is 1. The van der Waals surface area contributed by atoms with E-state index in [-0.39, 0.29) is 23.8 Å². The van der Waals surface area contributed by atoms with Crippen molar-refractivity contribution in [2.75, 3.05) is 13.1 Å². The van der Waals surface area contributed by atoms with Crippen molar-refractivity contribution in [1.82, 2.24) is 15.2 Å². The van der Waals surface area contributed by atoms with Gasteiger partial charge in [-0.1, -0.05) is 0 Å². The number of rotatable bonds is 2. The zero-order valence-corrected chi connectivity index (χ0v) is 11.2. The number of carbonyl (C=O) groups excluding carboxylic acids is 2. The first kappa shape index (κ1) is 12.1. The van der Waals surface area contributed by atoms with Gasteiger partial charge < -0.3 is 14.6 Å². The third-order valence-electron chi connectivity index (χ3n) is 4.45. The highest BCUT2D eigenvalue weighted by Crippen LogP contribution is 2.42. The molecule has 0 aromatic carbocycles. The highest BCUT2D eigenvalue weighted by molar-refractivity contribution is 5.95. The van der Waals surface area contributed by atoms with E-state index in [9.17, 15) is 9.59 Å². The molecule has 6 heteroatoms. The first-order valence-corrected chi connectivity index (χ1v) is 7.22. The molecule has 1 aromatic heterocycles. The molecule has 2 saturated heterocycles. The van der Waals surface area contributed by atoms with Gasteiger partial charge in [0, 0.05) is 31.8 Å². The Hall–Kier alpha value is -1.69. The van der Waals surface area contributed by atoms with E-state index < -0.39 is 0 Å². The van der Waals surface area contributed by atoms with Gasteiger partial charge >= 0.3 is 0 Å². The lowest BCUT2D eigenvalue weighted by Crippen LogP contribution is -2.63. The van der Waals surface area contributed by atoms with Crippen LogP contribution in [-0.4, -0.2) is 46.7 Å². The normalized spacial score (nSPS) is 29.6. The van der Waals surface area contributed by atoms with Gasteiger partial charge in [0.2, 0.25) is 0 Å². The van der Waals surface area contributed by atoms with Crippen molar-refractivity contribution < 1.29 is 14.0 Å². The quantitative estimate of drug-likeness (QED) is 0.859. The molecule has 2 bridgehead atoms. The maximum atomic E-state index is 12.8. The lowest BCUT2D eigenvalue weighted by atomic mass is 9.90. The molecule has 1 aromatic rings. The number of aromatic nitrogens is 1. The van der Waals surface area contributed by atoms with Crippen LogP contribution in [0.25, 0.3) is 0 Å². The third-order valence-corrected chi connectivity index (χ3v) is 4.45. The summed E-state index contributed by atoms with van der Waals surface area (Å²) in [6, 6.07) is -0.0718. The van der Waals surface area contributed by atoms with Gasteiger partial charge in [0.15, 0.2) is 12.1 Å². The molecule has 3 aliphatic rings. The summed E-state index contributed by atoms with van der Waals surface area (Å²) in [6.07, 6.45) is 4.41. The van der Waals surface area contributed by atoms with E-state index in [1.54, 1.807) is 0 Å². The maximum Gasteiger partial charge on any atom is 0.276 e. The molecular weight excluding hydrogens is 258 g/mol. The van der Waals surface area contributed by atoms with Crippen LogP contribution < -0.4 is 5.32 Å². The van der Waals surface area contributed by atoms with E-state index in [0.29, 0.717) is 37.5 Å². The number of oxazole rings is 1. The van der Waals surface area contributed by atoms with E-state index >= 15 is 0 Å². The van der Waals surface area contributed by atoms with Crippen LogP contribution in [0.15, 0.2) is 10.8 Å². The second-order valence-corrected chi connectivity index (χ2v) is 5.96. The average molecular weight is 275 g/mol. The van der Waals surface area contributed by atoms with Crippen molar-refractivity contribution in [1.29, 1.82) is 0 Å². The fourth-order valence-electron chi connectivity index (χ4n) is 3.37. The molecule has 1 saturated carbocycles. The smallest absolute Gasteiger partial charge is 0.276 e. The summed E-state index contributed by atoms with van der Waals surface area (Å²) < 4.78 is 5.40. The molecule has 3 heterocycles. The third kappa shape index (κ3) is 1.86. The van der Waals surface area contributed by atoms with Crippen LogP contribution in [0.4, 0.5) is 0 Å². The van der Waals surface area contributed by atoms with Crippen LogP contribution in [0.3, 0.4) is 0 Å². The highest BCUT2D eigenvalue weighted by atomic mass is 16.3. The number of carbonyl (C=O) groups is 2. The van der Waals surface area contributed by atoms with Crippen molar-refractivity contribution in [2.45, 2.75) is 43.7 Å². The van der Waals surface area contributed by atoms with Crippen LogP contribution in [0.2, 0.25) is 0 Å². The van der Waals surface area contributed by atoms with Gasteiger partial charge in [0.05, 0.1) is 12.1 Å². The molecule has 6 nitrogen and oxygen atoms in total. The number of amides is 1. The monoisotopic (exact) mass is 275 g/mol. The number of piperidine rings is 1. The van der Waals surface area contributed by atoms with E-state index in [1.807, 2.05) is 4.90 Å². The molecule has 0 radical (unpaired) electrons. The van der Waals surface area contributed by atoms with Gasteiger partial charge in [0.1, 0.15) is 11.5 Å². The van der Waals surface area contributed by atoms with E-state index in [2.05, 4.69) is 10.3 Å². The number of Topliss-reactive ketones (excluding diaryl/α,β-unsaturated/α-hetero) is 1. The molecule has 2 atom stereocenters. The van der Waals surface area contributed by atoms with E-state index in [1.165, 1.54) is 6.39 Å². The number of ketones is 1. The zero-order chi connectivity index (χ0) is 13.7. The Labute approximate surface area is 116 Å². The lowest BCUT2D eigenvalue weighted by Gasteiger charge is -2.45. The second-order valence-electron chi connectivity index (χ2n) is 5.96. The van der Waals surface area contributed by atoms with Crippen molar-refractivity contribution in [3.63, 3.8) is 0 Å². The summed E-state index contributed by atoms with van der Waals surface area (Å²) in [5.74, 6) is 1.29. The van der Waals surface area contributed by atoms with Gasteiger partial charge in [-0.3, -0.25) is 9.59 Å². The Morgan fingerprint density at radius 3 is 2.65 bits per heavy atom. The molecule has 1 amide bonds. The van der Waals surface area contributed by atoms with Gasteiger partial charge in [0.25, 0.3) is 5.91 Å². The minimum absolute atomic E-state index is 0.0359. The number of nitrogens with zero attached hydrogens (tertiary/aromatic N) is 2. The van der Waals surface area contributed by atoms with Crippen molar-refractivity contribution >= 4 is 11.7 Å². The molecule has 2 aliphatic heterocycles. The number of piperazine rings is 1. The summed E-state index contributed by atoms with van der Waals surface area (Å²) in [4.78, 5) is 30.5. The molecule has 3 fully saturated rings. The van der Waals surface area contributed by atoms with Gasteiger partial charge in [-0.05, 0) is 12.8 Å². The van der Waals surface area contributed by atoms with Crippen LogP contribution in [0.5, 0.6) is 0 Å². The highest BCUT2D eigenvalue weighted by Gasteiger charge is 2.43. The Bertz CT molecular complexity index is 548. The van der Waals surface area contributed by atoms with Crippen LogP contribution in [0, 0.1) is 0 Å². The predicted molar refractivity (Wildman–Crippen MR) is 69.3 cm³/mol. The number of hydrogen-bond acceptors (Lipinski definition) is 5. The molecule has 1 N–H and O–H groups in total. The summed E-state index contributed by atoms with van der Waals surface area (Å²) in [5, 5.41) is 3.30. The number of hydrogen-bond donors (Lipinski definition) is 1. The fourth-order valence-corrected chi connectivity index (χ4v) is 3.37. The molecule has 106 valence electrons. The molecule has 1 aliphatic carbocycles. The van der Waals surface area contributed by atoms with Gasteiger partial charge in [-0.2, -0.15) is 0 Å². The van der Waals surface area contributed by atoms with Crippen LogP contribution in [0.1, 0.15) is 47.8 Å². The largest absolute Gasteiger partial charge is 0.447 e. The first-order valence-electron chi connectivity index (χ1n) is 7.22. The summed E-state index contributed by atoms with van der Waals surface area (Å²) in [7, 11) is 0.